The van der Waals surface area contributed by atoms with Crippen molar-refractivity contribution in [2.24, 2.45) is 5.84 Å². The van der Waals surface area contributed by atoms with Crippen LogP contribution >= 0.6 is 12.4 Å². The molecule has 0 aliphatic carbocycles. The number of benzene rings is 1. The van der Waals surface area contributed by atoms with Crippen LogP contribution in [0.25, 0.3) is 0 Å². The van der Waals surface area contributed by atoms with Crippen molar-refractivity contribution in [3.05, 3.63) is 29.8 Å². The second kappa shape index (κ2) is 4.10. The second-order valence-electron chi connectivity index (χ2n) is 1.77. The van der Waals surface area contributed by atoms with Gasteiger partial charge in [-0.3, -0.25) is 5.84 Å². The van der Waals surface area contributed by atoms with E-state index in [0.29, 0.717) is 0 Å². The molecule has 0 atom stereocenters. The van der Waals surface area contributed by atoms with Crippen molar-refractivity contribution < 1.29 is 8.78 Å². The molecule has 0 aliphatic heterocycles. The average Bonchev–Trinajstić information content (AvgIpc) is 1.88. The molecule has 0 unspecified atom stereocenters. The summed E-state index contributed by atoms with van der Waals surface area (Å²) in [6, 6.07) is 3.11. The van der Waals surface area contributed by atoms with Gasteiger partial charge in [-0.05, 0) is 12.1 Å². The standard InChI is InChI=1S/C6H6F2N2.ClH/c7-4-1-2-6(10-9)5(8)3-4;/h1-3,10H,9H2;1H. The summed E-state index contributed by atoms with van der Waals surface area (Å²) < 4.78 is 24.6. The SMILES string of the molecule is Cl.NNc1ccc(F)cc1F. The molecule has 0 aromatic heterocycles. The molecular weight excluding hydrogens is 174 g/mol. The number of rotatable bonds is 1. The lowest BCUT2D eigenvalue weighted by atomic mass is 10.3. The van der Waals surface area contributed by atoms with Gasteiger partial charge in [0.1, 0.15) is 5.82 Å². The largest absolute Gasteiger partial charge is 0.321 e. The molecule has 0 aliphatic rings. The number of hydrazine groups is 1. The van der Waals surface area contributed by atoms with Crippen LogP contribution in [0, 0.1) is 11.6 Å². The smallest absolute Gasteiger partial charge is 0.150 e. The van der Waals surface area contributed by atoms with Crippen LogP contribution in [-0.4, -0.2) is 0 Å². The summed E-state index contributed by atoms with van der Waals surface area (Å²) >= 11 is 0. The molecule has 0 fully saturated rings. The van der Waals surface area contributed by atoms with Gasteiger partial charge in [-0.2, -0.15) is 0 Å². The lowest BCUT2D eigenvalue weighted by Crippen LogP contribution is -2.08. The Balaban J connectivity index is 0.000001000. The summed E-state index contributed by atoms with van der Waals surface area (Å²) in [5.41, 5.74) is 2.17. The van der Waals surface area contributed by atoms with Crippen LogP contribution in [0.5, 0.6) is 0 Å². The highest BCUT2D eigenvalue weighted by atomic mass is 35.5. The maximum Gasteiger partial charge on any atom is 0.150 e. The Hall–Kier alpha value is -0.870. The van der Waals surface area contributed by atoms with Gasteiger partial charge in [0.2, 0.25) is 0 Å². The minimum Gasteiger partial charge on any atom is -0.321 e. The molecule has 1 aromatic rings. The summed E-state index contributed by atoms with van der Waals surface area (Å²) in [4.78, 5) is 0. The number of hydrogen-bond donors (Lipinski definition) is 2. The fourth-order valence-electron chi connectivity index (χ4n) is 0.607. The molecule has 0 radical (unpaired) electrons. The molecule has 0 amide bonds. The molecule has 11 heavy (non-hydrogen) atoms. The minimum absolute atomic E-state index is 0. The molecule has 0 bridgehead atoms. The molecule has 62 valence electrons. The number of nitrogens with two attached hydrogens (primary N) is 1. The third-order valence-corrected chi connectivity index (χ3v) is 1.09. The van der Waals surface area contributed by atoms with Crippen molar-refractivity contribution in [3.8, 4) is 0 Å². The number of halogens is 3. The van der Waals surface area contributed by atoms with Crippen LogP contribution in [0.1, 0.15) is 0 Å². The minimum atomic E-state index is -0.692. The van der Waals surface area contributed by atoms with E-state index in [9.17, 15) is 8.78 Å². The van der Waals surface area contributed by atoms with E-state index >= 15 is 0 Å². The van der Waals surface area contributed by atoms with Crippen LogP contribution < -0.4 is 11.3 Å². The van der Waals surface area contributed by atoms with E-state index in [-0.39, 0.29) is 18.1 Å². The Morgan fingerprint density at radius 2 is 1.91 bits per heavy atom. The predicted molar refractivity (Wildman–Crippen MR) is 41.4 cm³/mol. The van der Waals surface area contributed by atoms with Gasteiger partial charge in [0.05, 0.1) is 5.69 Å². The van der Waals surface area contributed by atoms with E-state index in [1.165, 1.54) is 6.07 Å². The zero-order chi connectivity index (χ0) is 7.56. The third kappa shape index (κ3) is 2.32. The third-order valence-electron chi connectivity index (χ3n) is 1.09. The first-order valence-electron chi connectivity index (χ1n) is 2.65. The molecule has 1 aromatic carbocycles. The lowest BCUT2D eigenvalue weighted by Gasteiger charge is -1.99. The average molecular weight is 181 g/mol. The highest BCUT2D eigenvalue weighted by molar-refractivity contribution is 5.85. The van der Waals surface area contributed by atoms with Gasteiger partial charge in [-0.15, -0.1) is 12.4 Å². The molecule has 3 N–H and O–H groups in total. The van der Waals surface area contributed by atoms with Crippen LogP contribution in [0.15, 0.2) is 18.2 Å². The normalized spacial score (nSPS) is 8.64. The van der Waals surface area contributed by atoms with Gasteiger partial charge >= 0.3 is 0 Å². The van der Waals surface area contributed by atoms with Crippen LogP contribution in [0.4, 0.5) is 14.5 Å². The summed E-state index contributed by atoms with van der Waals surface area (Å²) in [5.74, 6) is 3.58. The monoisotopic (exact) mass is 180 g/mol. The summed E-state index contributed by atoms with van der Waals surface area (Å²) in [5, 5.41) is 0. The molecule has 1 rings (SSSR count). The number of hydrogen-bond acceptors (Lipinski definition) is 2. The highest BCUT2D eigenvalue weighted by Gasteiger charge is 1.99. The zero-order valence-electron chi connectivity index (χ0n) is 5.47. The van der Waals surface area contributed by atoms with Crippen LogP contribution in [0.3, 0.4) is 0 Å². The fourth-order valence-corrected chi connectivity index (χ4v) is 0.607. The Labute approximate surface area is 68.8 Å². The van der Waals surface area contributed by atoms with Crippen molar-refractivity contribution >= 4 is 18.1 Å². The first-order chi connectivity index (χ1) is 4.74. The maximum atomic E-state index is 12.5. The Bertz CT molecular complexity index is 242. The van der Waals surface area contributed by atoms with Gasteiger partial charge in [-0.25, -0.2) is 8.78 Å². The second-order valence-corrected chi connectivity index (χ2v) is 1.77. The van der Waals surface area contributed by atoms with Gasteiger partial charge in [0.15, 0.2) is 5.82 Å². The number of nitrogens with one attached hydrogen (secondary N) is 1. The molecular formula is C6H7ClF2N2. The summed E-state index contributed by atoms with van der Waals surface area (Å²) in [6.45, 7) is 0. The van der Waals surface area contributed by atoms with E-state index in [0.717, 1.165) is 12.1 Å². The van der Waals surface area contributed by atoms with E-state index < -0.39 is 11.6 Å². The highest BCUT2D eigenvalue weighted by Crippen LogP contribution is 2.12. The molecule has 0 saturated carbocycles. The summed E-state index contributed by atoms with van der Waals surface area (Å²) in [6.07, 6.45) is 0. The summed E-state index contributed by atoms with van der Waals surface area (Å²) in [7, 11) is 0. The van der Waals surface area contributed by atoms with Gasteiger partial charge in [0.25, 0.3) is 0 Å². The van der Waals surface area contributed by atoms with E-state index in [4.69, 9.17) is 5.84 Å². The van der Waals surface area contributed by atoms with E-state index in [1.54, 1.807) is 0 Å². The Kier molecular flexibility index (Phi) is 3.78. The van der Waals surface area contributed by atoms with Crippen molar-refractivity contribution in [2.75, 3.05) is 5.43 Å². The van der Waals surface area contributed by atoms with Crippen molar-refractivity contribution in [3.63, 3.8) is 0 Å². The lowest BCUT2D eigenvalue weighted by molar-refractivity contribution is 0.585. The van der Waals surface area contributed by atoms with Gasteiger partial charge in [-0.1, -0.05) is 0 Å². The molecule has 5 heteroatoms. The first-order valence-corrected chi connectivity index (χ1v) is 2.65. The van der Waals surface area contributed by atoms with Crippen LogP contribution in [0.2, 0.25) is 0 Å². The number of anilines is 1. The Morgan fingerprint density at radius 1 is 1.27 bits per heavy atom. The number of nitrogen functional groups attached to an aromatic ring is 1. The van der Waals surface area contributed by atoms with Gasteiger partial charge in [0, 0.05) is 6.07 Å². The topological polar surface area (TPSA) is 38.0 Å². The van der Waals surface area contributed by atoms with Crippen molar-refractivity contribution in [1.29, 1.82) is 0 Å². The van der Waals surface area contributed by atoms with E-state index in [2.05, 4.69) is 5.43 Å². The first kappa shape index (κ1) is 10.1. The zero-order valence-corrected chi connectivity index (χ0v) is 6.29. The van der Waals surface area contributed by atoms with Crippen molar-refractivity contribution in [1.82, 2.24) is 0 Å². The molecule has 0 heterocycles. The van der Waals surface area contributed by atoms with Crippen molar-refractivity contribution in [2.45, 2.75) is 0 Å². The molecule has 0 spiro atoms. The molecule has 0 saturated heterocycles. The fraction of sp³-hybridized carbons (Fsp3) is 0. The van der Waals surface area contributed by atoms with Crippen LogP contribution in [-0.2, 0) is 0 Å². The van der Waals surface area contributed by atoms with E-state index in [1.807, 2.05) is 0 Å². The molecule has 2 nitrogen and oxygen atoms in total. The Morgan fingerprint density at radius 3 is 2.36 bits per heavy atom. The predicted octanol–water partition coefficient (Wildman–Crippen LogP) is 1.67. The maximum absolute atomic E-state index is 12.5. The quantitative estimate of drug-likeness (QED) is 0.510. The van der Waals surface area contributed by atoms with Gasteiger partial charge < -0.3 is 5.43 Å².